The fraction of sp³-hybridized carbons (Fsp3) is 0.444. The van der Waals surface area contributed by atoms with Gasteiger partial charge in [-0.25, -0.2) is 9.59 Å². The fourth-order valence-corrected chi connectivity index (χ4v) is 5.03. The molecule has 0 aromatic heterocycles. The van der Waals surface area contributed by atoms with Crippen molar-refractivity contribution < 1.29 is 23.9 Å². The zero-order chi connectivity index (χ0) is 19.6. The average Bonchev–Trinajstić information content (AvgIpc) is 3.21. The van der Waals surface area contributed by atoms with Gasteiger partial charge in [-0.1, -0.05) is 30.3 Å². The predicted molar refractivity (Wildman–Crippen MR) is 98.6 cm³/mol. The quantitative estimate of drug-likeness (QED) is 0.741. The molecule has 2 aliphatic rings. The lowest BCUT2D eigenvalue weighted by atomic mass is 10.0. The lowest BCUT2D eigenvalue weighted by molar-refractivity contribution is -0.161. The number of benzene rings is 1. The van der Waals surface area contributed by atoms with Gasteiger partial charge in [0, 0.05) is 19.2 Å². The van der Waals surface area contributed by atoms with Crippen LogP contribution in [0.2, 0.25) is 0 Å². The monoisotopic (exact) mass is 391 g/mol. The minimum atomic E-state index is -1.15. The minimum absolute atomic E-state index is 0.103. The Morgan fingerprint density at radius 1 is 1.30 bits per heavy atom. The molecule has 3 atom stereocenters. The van der Waals surface area contributed by atoms with E-state index in [-0.39, 0.29) is 5.91 Å². The standard InChI is InChI=1S/C18H21N3O5S/c1-11(15(23)20-17(25)19-2)26-16(24)13-10-27-18(9-8-14(22)21(13)18)12-6-4-3-5-7-12/h3-7,11,13H,8-10H2,1-2H3,(H2,19,20,23,25)/t11-,13-,18+/m0/s1. The van der Waals surface area contributed by atoms with Gasteiger partial charge in [0.1, 0.15) is 10.9 Å². The number of nitrogens with zero attached hydrogens (tertiary/aromatic N) is 1. The van der Waals surface area contributed by atoms with E-state index in [4.69, 9.17) is 4.74 Å². The van der Waals surface area contributed by atoms with Gasteiger partial charge in [0.25, 0.3) is 5.91 Å². The lowest BCUT2D eigenvalue weighted by Gasteiger charge is -2.33. The molecule has 8 nitrogen and oxygen atoms in total. The van der Waals surface area contributed by atoms with E-state index in [0.29, 0.717) is 18.6 Å². The number of amides is 4. The summed E-state index contributed by atoms with van der Waals surface area (Å²) in [5.74, 6) is -1.08. The highest BCUT2D eigenvalue weighted by Crippen LogP contribution is 2.54. The molecule has 0 unspecified atom stereocenters. The summed E-state index contributed by atoms with van der Waals surface area (Å²) in [5.41, 5.74) is 0.974. The van der Waals surface area contributed by atoms with E-state index in [1.54, 1.807) is 16.7 Å². The lowest BCUT2D eigenvalue weighted by Crippen LogP contribution is -2.49. The summed E-state index contributed by atoms with van der Waals surface area (Å²) in [4.78, 5) is 49.3. The average molecular weight is 391 g/mol. The molecule has 27 heavy (non-hydrogen) atoms. The Labute approximate surface area is 161 Å². The van der Waals surface area contributed by atoms with E-state index < -0.39 is 34.9 Å². The Kier molecular flexibility index (Phi) is 5.41. The summed E-state index contributed by atoms with van der Waals surface area (Å²) < 4.78 is 5.24. The molecule has 2 aliphatic heterocycles. The van der Waals surface area contributed by atoms with Gasteiger partial charge in [-0.15, -0.1) is 11.8 Å². The van der Waals surface area contributed by atoms with Crippen LogP contribution in [-0.4, -0.2) is 53.7 Å². The van der Waals surface area contributed by atoms with Crippen LogP contribution in [0.15, 0.2) is 30.3 Å². The van der Waals surface area contributed by atoms with Crippen LogP contribution in [0.25, 0.3) is 0 Å². The molecule has 1 aromatic rings. The van der Waals surface area contributed by atoms with Gasteiger partial charge >= 0.3 is 12.0 Å². The normalized spacial score (nSPS) is 24.9. The molecule has 2 saturated heterocycles. The van der Waals surface area contributed by atoms with Crippen molar-refractivity contribution in [3.8, 4) is 0 Å². The zero-order valence-electron chi connectivity index (χ0n) is 15.1. The van der Waals surface area contributed by atoms with Gasteiger partial charge < -0.3 is 15.0 Å². The molecule has 144 valence electrons. The van der Waals surface area contributed by atoms with Crippen LogP contribution in [0.1, 0.15) is 25.3 Å². The Hall–Kier alpha value is -2.55. The second-order valence-electron chi connectivity index (χ2n) is 6.39. The van der Waals surface area contributed by atoms with Crippen molar-refractivity contribution in [2.45, 2.75) is 36.8 Å². The van der Waals surface area contributed by atoms with Crippen molar-refractivity contribution in [1.82, 2.24) is 15.5 Å². The maximum Gasteiger partial charge on any atom is 0.330 e. The molecule has 2 fully saturated rings. The number of fused-ring (bicyclic) bond motifs is 1. The van der Waals surface area contributed by atoms with Crippen molar-refractivity contribution >= 4 is 35.6 Å². The van der Waals surface area contributed by atoms with Gasteiger partial charge in [0.2, 0.25) is 5.91 Å². The first kappa shape index (κ1) is 19.2. The van der Waals surface area contributed by atoms with Crippen LogP contribution in [0, 0.1) is 0 Å². The van der Waals surface area contributed by atoms with E-state index in [0.717, 1.165) is 5.56 Å². The van der Waals surface area contributed by atoms with Crippen LogP contribution >= 0.6 is 11.8 Å². The summed E-state index contributed by atoms with van der Waals surface area (Å²) in [7, 11) is 1.37. The number of hydrogen-bond acceptors (Lipinski definition) is 6. The van der Waals surface area contributed by atoms with Crippen molar-refractivity contribution in [3.05, 3.63) is 35.9 Å². The van der Waals surface area contributed by atoms with Gasteiger partial charge in [0.15, 0.2) is 6.10 Å². The molecule has 0 aliphatic carbocycles. The molecule has 3 rings (SSSR count). The number of urea groups is 1. The Morgan fingerprint density at radius 3 is 2.67 bits per heavy atom. The molecule has 0 radical (unpaired) electrons. The van der Waals surface area contributed by atoms with Crippen LogP contribution in [0.3, 0.4) is 0 Å². The molecular weight excluding hydrogens is 370 g/mol. The van der Waals surface area contributed by atoms with Gasteiger partial charge in [-0.2, -0.15) is 0 Å². The van der Waals surface area contributed by atoms with Crippen LogP contribution in [0.4, 0.5) is 4.79 Å². The van der Waals surface area contributed by atoms with E-state index in [1.807, 2.05) is 30.3 Å². The molecule has 9 heteroatoms. The number of hydrogen-bond donors (Lipinski definition) is 2. The summed E-state index contributed by atoms with van der Waals surface area (Å²) in [6.07, 6.45) is -0.167. The number of thioether (sulfide) groups is 1. The molecule has 2 heterocycles. The van der Waals surface area contributed by atoms with Crippen LogP contribution in [-0.2, 0) is 24.0 Å². The van der Waals surface area contributed by atoms with E-state index in [1.165, 1.54) is 14.0 Å². The van der Waals surface area contributed by atoms with Crippen molar-refractivity contribution in [2.75, 3.05) is 12.8 Å². The molecule has 4 amide bonds. The smallest absolute Gasteiger partial charge is 0.330 e. The number of nitrogens with one attached hydrogen (secondary N) is 2. The number of carbonyl (C=O) groups excluding carboxylic acids is 4. The number of carbonyl (C=O) groups is 4. The largest absolute Gasteiger partial charge is 0.451 e. The highest BCUT2D eigenvalue weighted by Gasteiger charge is 2.57. The topological polar surface area (TPSA) is 105 Å². The number of rotatable bonds is 4. The number of ether oxygens (including phenoxy) is 1. The first-order valence-electron chi connectivity index (χ1n) is 8.64. The maximum absolute atomic E-state index is 12.7. The van der Waals surface area contributed by atoms with Gasteiger partial charge in [-0.05, 0) is 18.9 Å². The van der Waals surface area contributed by atoms with Gasteiger partial charge in [-0.3, -0.25) is 14.9 Å². The zero-order valence-corrected chi connectivity index (χ0v) is 15.9. The van der Waals surface area contributed by atoms with E-state index in [9.17, 15) is 19.2 Å². The minimum Gasteiger partial charge on any atom is -0.451 e. The molecule has 0 spiro atoms. The third-order valence-corrected chi connectivity index (χ3v) is 6.35. The van der Waals surface area contributed by atoms with Crippen LogP contribution < -0.4 is 10.6 Å². The van der Waals surface area contributed by atoms with E-state index >= 15 is 0 Å². The third-order valence-electron chi connectivity index (χ3n) is 4.75. The Morgan fingerprint density at radius 2 is 2.00 bits per heavy atom. The van der Waals surface area contributed by atoms with Crippen LogP contribution in [0.5, 0.6) is 0 Å². The molecular formula is C18H21N3O5S. The van der Waals surface area contributed by atoms with Crippen molar-refractivity contribution in [1.29, 1.82) is 0 Å². The van der Waals surface area contributed by atoms with Gasteiger partial charge in [0.05, 0.1) is 0 Å². The summed E-state index contributed by atoms with van der Waals surface area (Å²) in [6, 6.07) is 8.17. The predicted octanol–water partition coefficient (Wildman–Crippen LogP) is 0.964. The molecule has 0 saturated carbocycles. The highest BCUT2D eigenvalue weighted by atomic mass is 32.2. The summed E-state index contributed by atoms with van der Waals surface area (Å²) in [5, 5.41) is 4.31. The fourth-order valence-electron chi connectivity index (χ4n) is 3.40. The highest BCUT2D eigenvalue weighted by molar-refractivity contribution is 8.00. The molecule has 2 N–H and O–H groups in total. The molecule has 1 aromatic carbocycles. The first-order chi connectivity index (χ1) is 12.9. The number of esters is 1. The Balaban J connectivity index is 1.74. The number of imide groups is 1. The maximum atomic E-state index is 12.7. The van der Waals surface area contributed by atoms with E-state index in [2.05, 4.69) is 10.6 Å². The SMILES string of the molecule is CNC(=O)NC(=O)[C@H](C)OC(=O)[C@@H]1CS[C@@]2(c3ccccc3)CCC(=O)N12. The second kappa shape index (κ2) is 7.59. The second-order valence-corrected chi connectivity index (χ2v) is 7.69. The summed E-state index contributed by atoms with van der Waals surface area (Å²) in [6.45, 7) is 1.38. The summed E-state index contributed by atoms with van der Waals surface area (Å²) >= 11 is 1.54. The third kappa shape index (κ3) is 3.51. The van der Waals surface area contributed by atoms with Crippen molar-refractivity contribution in [3.63, 3.8) is 0 Å². The molecule has 0 bridgehead atoms. The van der Waals surface area contributed by atoms with Crippen molar-refractivity contribution in [2.24, 2.45) is 0 Å². The first-order valence-corrected chi connectivity index (χ1v) is 9.62. The Bertz CT molecular complexity index is 772.